The zero-order valence-electron chi connectivity index (χ0n) is 7.89. The summed E-state index contributed by atoms with van der Waals surface area (Å²) >= 11 is 5.24. The van der Waals surface area contributed by atoms with Crippen LogP contribution < -0.4 is 4.74 Å². The fourth-order valence-corrected chi connectivity index (χ4v) is 1.15. The fourth-order valence-electron chi connectivity index (χ4n) is 0.962. The van der Waals surface area contributed by atoms with Gasteiger partial charge in [-0.1, -0.05) is 0 Å². The van der Waals surface area contributed by atoms with Crippen molar-refractivity contribution < 1.29 is 32.2 Å². The van der Waals surface area contributed by atoms with E-state index in [4.69, 9.17) is 16.7 Å². The number of nitrogens with zero attached hydrogens (tertiary/aromatic N) is 1. The van der Waals surface area contributed by atoms with E-state index in [1.54, 1.807) is 0 Å². The second kappa shape index (κ2) is 4.74. The van der Waals surface area contributed by atoms with Gasteiger partial charge in [0.15, 0.2) is 17.3 Å². The molecule has 0 aromatic carbocycles. The first-order valence-electron chi connectivity index (χ1n) is 3.98. The average molecular weight is 274 g/mol. The first kappa shape index (κ1) is 13.5. The van der Waals surface area contributed by atoms with Gasteiger partial charge in [0.05, 0.1) is 5.88 Å². The van der Waals surface area contributed by atoms with Gasteiger partial charge in [-0.05, 0) is 0 Å². The minimum absolute atomic E-state index is 0.393. The van der Waals surface area contributed by atoms with Gasteiger partial charge in [0.25, 0.3) is 0 Å². The number of rotatable bonds is 3. The zero-order valence-corrected chi connectivity index (χ0v) is 8.64. The highest BCUT2D eigenvalue weighted by Gasteiger charge is 2.36. The van der Waals surface area contributed by atoms with Crippen LogP contribution in [-0.4, -0.2) is 22.4 Å². The summed E-state index contributed by atoms with van der Waals surface area (Å²) < 4.78 is 52.6. The van der Waals surface area contributed by atoms with Gasteiger partial charge in [-0.25, -0.2) is 14.2 Å². The van der Waals surface area contributed by atoms with Crippen molar-refractivity contribution in [3.8, 4) is 5.75 Å². The summed E-state index contributed by atoms with van der Waals surface area (Å²) in [4.78, 5) is 13.7. The van der Waals surface area contributed by atoms with E-state index in [-0.39, 0.29) is 0 Å². The molecule has 0 spiro atoms. The Morgan fingerprint density at radius 1 is 1.53 bits per heavy atom. The number of pyridine rings is 1. The molecule has 0 aliphatic rings. The van der Waals surface area contributed by atoms with Gasteiger partial charge in [0, 0.05) is 11.8 Å². The molecule has 1 heterocycles. The summed E-state index contributed by atoms with van der Waals surface area (Å²) in [6.07, 6.45) is -4.49. The third kappa shape index (κ3) is 3.19. The number of hydrogen-bond donors (Lipinski definition) is 1. The molecule has 0 aliphatic heterocycles. The van der Waals surface area contributed by atoms with Gasteiger partial charge < -0.3 is 9.84 Å². The molecule has 0 fully saturated rings. The van der Waals surface area contributed by atoms with Gasteiger partial charge in [0.2, 0.25) is 0 Å². The largest absolute Gasteiger partial charge is 0.573 e. The second-order valence-electron chi connectivity index (χ2n) is 2.76. The van der Waals surface area contributed by atoms with Crippen LogP contribution in [0, 0.1) is 5.82 Å². The van der Waals surface area contributed by atoms with Crippen molar-refractivity contribution in [2.24, 2.45) is 0 Å². The molecule has 94 valence electrons. The molecule has 9 heteroatoms. The lowest BCUT2D eigenvalue weighted by molar-refractivity contribution is -0.275. The van der Waals surface area contributed by atoms with Crippen molar-refractivity contribution in [1.29, 1.82) is 0 Å². The number of carboxylic acid groups (broad SMARTS) is 1. The molecule has 0 bridgehead atoms. The number of carboxylic acids is 1. The Hall–Kier alpha value is -1.57. The molecule has 0 saturated heterocycles. The van der Waals surface area contributed by atoms with E-state index >= 15 is 0 Å². The maximum atomic E-state index is 13.4. The summed E-state index contributed by atoms with van der Waals surface area (Å²) in [5.74, 6) is -5.30. The monoisotopic (exact) mass is 273 g/mol. The second-order valence-corrected chi connectivity index (χ2v) is 3.03. The van der Waals surface area contributed by atoms with Crippen molar-refractivity contribution in [3.05, 3.63) is 23.3 Å². The van der Waals surface area contributed by atoms with E-state index in [1.165, 1.54) is 0 Å². The quantitative estimate of drug-likeness (QED) is 0.679. The van der Waals surface area contributed by atoms with Crippen LogP contribution in [0.5, 0.6) is 5.75 Å². The van der Waals surface area contributed by atoms with Crippen LogP contribution in [0.2, 0.25) is 0 Å². The number of halogens is 5. The predicted octanol–water partition coefficient (Wildman–Crippen LogP) is 2.56. The summed E-state index contributed by atoms with van der Waals surface area (Å²) in [6.45, 7) is 0. The van der Waals surface area contributed by atoms with Crippen LogP contribution in [0.3, 0.4) is 0 Å². The molecule has 4 nitrogen and oxygen atoms in total. The molecule has 0 unspecified atom stereocenters. The van der Waals surface area contributed by atoms with Crippen LogP contribution in [0.15, 0.2) is 6.20 Å². The summed E-state index contributed by atoms with van der Waals surface area (Å²) in [5, 5.41) is 8.54. The average Bonchev–Trinajstić information content (AvgIpc) is 2.18. The molecule has 17 heavy (non-hydrogen) atoms. The smallest absolute Gasteiger partial charge is 0.476 e. The van der Waals surface area contributed by atoms with Crippen LogP contribution in [0.25, 0.3) is 0 Å². The summed E-state index contributed by atoms with van der Waals surface area (Å²) in [5.41, 5.74) is -1.57. The molecule has 1 aromatic heterocycles. The number of hydrogen-bond acceptors (Lipinski definition) is 3. The molecular formula is C8H4ClF4NO3. The van der Waals surface area contributed by atoms with E-state index in [0.29, 0.717) is 0 Å². The molecule has 0 amide bonds. The highest BCUT2D eigenvalue weighted by molar-refractivity contribution is 6.17. The highest BCUT2D eigenvalue weighted by atomic mass is 35.5. The third-order valence-corrected chi connectivity index (χ3v) is 1.90. The van der Waals surface area contributed by atoms with Crippen LogP contribution >= 0.6 is 11.6 Å². The SMILES string of the molecule is O=C(O)c1ncc(CCl)c(F)c1OC(F)(F)F. The lowest BCUT2D eigenvalue weighted by atomic mass is 10.2. The number of aromatic carboxylic acids is 1. The van der Waals surface area contributed by atoms with Gasteiger partial charge in [-0.3, -0.25) is 0 Å². The Balaban J connectivity index is 3.35. The molecular weight excluding hydrogens is 270 g/mol. The van der Waals surface area contributed by atoms with Crippen molar-refractivity contribution in [2.75, 3.05) is 0 Å². The molecule has 0 aliphatic carbocycles. The Morgan fingerprint density at radius 3 is 2.53 bits per heavy atom. The van der Waals surface area contributed by atoms with E-state index in [1.807, 2.05) is 0 Å². The normalized spacial score (nSPS) is 11.4. The molecule has 0 atom stereocenters. The Labute approximate surface area is 96.8 Å². The first-order chi connectivity index (χ1) is 7.76. The van der Waals surface area contributed by atoms with Gasteiger partial charge in [0.1, 0.15) is 0 Å². The lowest BCUT2D eigenvalue weighted by Crippen LogP contribution is -2.21. The minimum Gasteiger partial charge on any atom is -0.476 e. The number of carbonyl (C=O) groups is 1. The molecule has 0 saturated carbocycles. The van der Waals surface area contributed by atoms with E-state index in [2.05, 4.69) is 9.72 Å². The maximum Gasteiger partial charge on any atom is 0.573 e. The Bertz CT molecular complexity index is 449. The number of ether oxygens (including phenoxy) is 1. The Kier molecular flexibility index (Phi) is 3.76. The minimum atomic E-state index is -5.22. The van der Waals surface area contributed by atoms with E-state index in [9.17, 15) is 22.4 Å². The molecule has 1 aromatic rings. The third-order valence-electron chi connectivity index (χ3n) is 1.61. The van der Waals surface area contributed by atoms with Crippen LogP contribution in [0.4, 0.5) is 17.6 Å². The van der Waals surface area contributed by atoms with Crippen molar-refractivity contribution in [1.82, 2.24) is 4.98 Å². The van der Waals surface area contributed by atoms with Gasteiger partial charge >= 0.3 is 12.3 Å². The maximum absolute atomic E-state index is 13.4. The zero-order chi connectivity index (χ0) is 13.2. The lowest BCUT2D eigenvalue weighted by Gasteiger charge is -2.12. The van der Waals surface area contributed by atoms with Crippen LogP contribution in [-0.2, 0) is 5.88 Å². The van der Waals surface area contributed by atoms with E-state index < -0.39 is 41.0 Å². The standard InChI is InChI=1S/C8H4ClF4NO3/c9-1-3-2-14-5(7(15)16)6(4(3)10)17-8(11,12)13/h2H,1H2,(H,15,16). The van der Waals surface area contributed by atoms with Crippen LogP contribution in [0.1, 0.15) is 16.1 Å². The van der Waals surface area contributed by atoms with E-state index in [0.717, 1.165) is 6.20 Å². The summed E-state index contributed by atoms with van der Waals surface area (Å²) in [7, 11) is 0. The predicted molar refractivity (Wildman–Crippen MR) is 47.4 cm³/mol. The summed E-state index contributed by atoms with van der Waals surface area (Å²) in [6, 6.07) is 0. The molecule has 0 radical (unpaired) electrons. The molecule has 1 N–H and O–H groups in total. The number of alkyl halides is 4. The van der Waals surface area contributed by atoms with Gasteiger partial charge in [-0.15, -0.1) is 24.8 Å². The fraction of sp³-hybridized carbons (Fsp3) is 0.250. The van der Waals surface area contributed by atoms with Crippen molar-refractivity contribution in [3.63, 3.8) is 0 Å². The van der Waals surface area contributed by atoms with Gasteiger partial charge in [-0.2, -0.15) is 0 Å². The first-order valence-corrected chi connectivity index (χ1v) is 4.52. The number of aromatic nitrogens is 1. The highest BCUT2D eigenvalue weighted by Crippen LogP contribution is 2.30. The van der Waals surface area contributed by atoms with Crippen molar-refractivity contribution in [2.45, 2.75) is 12.2 Å². The Morgan fingerprint density at radius 2 is 2.12 bits per heavy atom. The van der Waals surface area contributed by atoms with Crippen molar-refractivity contribution >= 4 is 17.6 Å². The molecule has 1 rings (SSSR count). The topological polar surface area (TPSA) is 59.4 Å².